The summed E-state index contributed by atoms with van der Waals surface area (Å²) in [4.78, 5) is 21.9. The monoisotopic (exact) mass is 366 g/mol. The molecule has 0 amide bonds. The minimum atomic E-state index is -3.80. The Morgan fingerprint density at radius 1 is 1.24 bits per heavy atom. The fourth-order valence-corrected chi connectivity index (χ4v) is 4.84. The summed E-state index contributed by atoms with van der Waals surface area (Å²) in [5, 5.41) is 9.39. The van der Waals surface area contributed by atoms with E-state index in [9.17, 15) is 19.4 Å². The molecule has 1 fully saturated rings. The molecule has 1 saturated carbocycles. The van der Waals surface area contributed by atoms with Gasteiger partial charge in [-0.05, 0) is 36.1 Å². The number of aliphatic carboxylic acids is 1. The maximum Gasteiger partial charge on any atom is 0.332 e. The van der Waals surface area contributed by atoms with Crippen molar-refractivity contribution in [3.05, 3.63) is 35.4 Å². The number of hydrogen-bond donors (Lipinski definition) is 4. The van der Waals surface area contributed by atoms with E-state index in [-0.39, 0.29) is 5.57 Å². The zero-order chi connectivity index (χ0) is 18.4. The Morgan fingerprint density at radius 3 is 2.40 bits per heavy atom. The molecule has 1 aliphatic rings. The third-order valence-corrected chi connectivity index (χ3v) is 6.81. The zero-order valence-electron chi connectivity index (χ0n) is 14.3. The smallest absolute Gasteiger partial charge is 0.332 e. The second kappa shape index (κ2) is 8.65. The highest BCUT2D eigenvalue weighted by molar-refractivity contribution is 7.59. The lowest BCUT2D eigenvalue weighted by atomic mass is 9.87. The highest BCUT2D eigenvalue weighted by atomic mass is 31.2. The average Bonchev–Trinajstić information content (AvgIpc) is 2.57. The van der Waals surface area contributed by atoms with Crippen LogP contribution in [0.15, 0.2) is 29.8 Å². The van der Waals surface area contributed by atoms with E-state index in [0.29, 0.717) is 23.6 Å². The van der Waals surface area contributed by atoms with Crippen molar-refractivity contribution in [2.24, 2.45) is 11.7 Å². The molecule has 2 unspecified atom stereocenters. The van der Waals surface area contributed by atoms with Crippen LogP contribution in [0, 0.1) is 5.92 Å². The van der Waals surface area contributed by atoms with Crippen molar-refractivity contribution in [3.8, 4) is 0 Å². The normalized spacial score (nSPS) is 20.0. The second-order valence-electron chi connectivity index (χ2n) is 6.86. The van der Waals surface area contributed by atoms with E-state index in [0.717, 1.165) is 25.7 Å². The molecule has 138 valence electrons. The quantitative estimate of drug-likeness (QED) is 0.333. The van der Waals surface area contributed by atoms with Crippen molar-refractivity contribution in [3.63, 3.8) is 0 Å². The maximum atomic E-state index is 12.7. The first kappa shape index (κ1) is 19.7. The molecule has 1 aliphatic carbocycles. The minimum absolute atomic E-state index is 0.116. The molecular weight excluding hydrogens is 339 g/mol. The summed E-state index contributed by atoms with van der Waals surface area (Å²) in [5.41, 5.74) is 12.7. The van der Waals surface area contributed by atoms with Gasteiger partial charge in [-0.15, -0.1) is 0 Å². The Labute approximate surface area is 148 Å². The lowest BCUT2D eigenvalue weighted by molar-refractivity contribution is -0.132. The van der Waals surface area contributed by atoms with Crippen molar-refractivity contribution >= 4 is 25.1 Å². The van der Waals surface area contributed by atoms with Gasteiger partial charge in [-0.2, -0.15) is 0 Å². The molecule has 0 spiro atoms. The third kappa shape index (κ3) is 5.99. The van der Waals surface area contributed by atoms with Crippen LogP contribution in [-0.2, 0) is 9.36 Å². The standard InChI is InChI=1S/C18H27N2O4P/c19-16-8-6-14(7-9-16)10-15(18(21)22)12-25(23,24)17(20)11-13-4-2-1-3-5-13/h6-10,13,17H,1-5,11-12,19-20H2,(H,21,22)(H,23,24)/b15-10-. The molecule has 2 atom stereocenters. The van der Waals surface area contributed by atoms with Gasteiger partial charge in [0, 0.05) is 11.3 Å². The lowest BCUT2D eigenvalue weighted by Gasteiger charge is -2.27. The summed E-state index contributed by atoms with van der Waals surface area (Å²) in [7, 11) is -3.80. The Bertz CT molecular complexity index is 666. The van der Waals surface area contributed by atoms with Crippen LogP contribution in [0.4, 0.5) is 5.69 Å². The number of carboxylic acids is 1. The molecule has 1 aromatic carbocycles. The molecule has 0 aromatic heterocycles. The number of hydrogen-bond acceptors (Lipinski definition) is 4. The van der Waals surface area contributed by atoms with Crippen LogP contribution < -0.4 is 11.5 Å². The Balaban J connectivity index is 2.09. The SMILES string of the molecule is Nc1ccc(/C=C(/CP(=O)(O)C(N)CC2CCCCC2)C(=O)O)cc1. The van der Waals surface area contributed by atoms with Gasteiger partial charge in [0.15, 0.2) is 0 Å². The molecule has 0 heterocycles. The van der Waals surface area contributed by atoms with Gasteiger partial charge in [-0.1, -0.05) is 44.2 Å². The van der Waals surface area contributed by atoms with Crippen LogP contribution in [0.5, 0.6) is 0 Å². The van der Waals surface area contributed by atoms with Crippen molar-refractivity contribution < 1.29 is 19.4 Å². The summed E-state index contributed by atoms with van der Waals surface area (Å²) in [6, 6.07) is 6.64. The molecule has 6 N–H and O–H groups in total. The molecule has 2 rings (SSSR count). The Morgan fingerprint density at radius 2 is 1.84 bits per heavy atom. The molecule has 0 aliphatic heterocycles. The van der Waals surface area contributed by atoms with Gasteiger partial charge in [0.1, 0.15) is 0 Å². The summed E-state index contributed by atoms with van der Waals surface area (Å²) >= 11 is 0. The maximum absolute atomic E-state index is 12.7. The van der Waals surface area contributed by atoms with E-state index in [1.807, 2.05) is 0 Å². The number of carboxylic acid groups (broad SMARTS) is 1. The van der Waals surface area contributed by atoms with Gasteiger partial charge in [0.2, 0.25) is 7.37 Å². The van der Waals surface area contributed by atoms with Crippen LogP contribution in [0.2, 0.25) is 0 Å². The summed E-state index contributed by atoms with van der Waals surface area (Å²) < 4.78 is 12.7. The summed E-state index contributed by atoms with van der Waals surface area (Å²) in [6.45, 7) is 0. The Kier molecular flexibility index (Phi) is 6.82. The minimum Gasteiger partial charge on any atom is -0.478 e. The predicted molar refractivity (Wildman–Crippen MR) is 100 cm³/mol. The fourth-order valence-electron chi connectivity index (χ4n) is 3.26. The van der Waals surface area contributed by atoms with E-state index < -0.39 is 25.3 Å². The third-order valence-electron chi connectivity index (χ3n) is 4.77. The van der Waals surface area contributed by atoms with Gasteiger partial charge in [-0.3, -0.25) is 4.57 Å². The Hall–Kier alpha value is -1.62. The van der Waals surface area contributed by atoms with Gasteiger partial charge in [0.05, 0.1) is 11.9 Å². The van der Waals surface area contributed by atoms with E-state index in [4.69, 9.17) is 11.5 Å². The van der Waals surface area contributed by atoms with Crippen LogP contribution in [0.3, 0.4) is 0 Å². The molecule has 1 aromatic rings. The first-order valence-corrected chi connectivity index (χ1v) is 10.6. The predicted octanol–water partition coefficient (Wildman–Crippen LogP) is 3.26. The van der Waals surface area contributed by atoms with Crippen molar-refractivity contribution in [2.75, 3.05) is 11.9 Å². The number of carbonyl (C=O) groups is 1. The highest BCUT2D eigenvalue weighted by Crippen LogP contribution is 2.49. The second-order valence-corrected chi connectivity index (χ2v) is 9.35. The highest BCUT2D eigenvalue weighted by Gasteiger charge is 2.32. The van der Waals surface area contributed by atoms with Gasteiger partial charge < -0.3 is 21.5 Å². The van der Waals surface area contributed by atoms with Crippen LogP contribution in [0.25, 0.3) is 6.08 Å². The number of rotatable bonds is 7. The van der Waals surface area contributed by atoms with Crippen LogP contribution in [0.1, 0.15) is 44.1 Å². The van der Waals surface area contributed by atoms with Crippen LogP contribution >= 0.6 is 7.37 Å². The van der Waals surface area contributed by atoms with Gasteiger partial charge in [-0.25, -0.2) is 4.79 Å². The molecule has 0 radical (unpaired) electrons. The molecule has 0 saturated heterocycles. The van der Waals surface area contributed by atoms with E-state index in [2.05, 4.69) is 0 Å². The van der Waals surface area contributed by atoms with Crippen molar-refractivity contribution in [2.45, 2.75) is 44.3 Å². The van der Waals surface area contributed by atoms with E-state index in [1.165, 1.54) is 12.5 Å². The molecule has 25 heavy (non-hydrogen) atoms. The topological polar surface area (TPSA) is 127 Å². The first-order chi connectivity index (χ1) is 11.8. The fraction of sp³-hybridized carbons (Fsp3) is 0.500. The van der Waals surface area contributed by atoms with Crippen molar-refractivity contribution in [1.29, 1.82) is 0 Å². The van der Waals surface area contributed by atoms with Gasteiger partial charge in [0.25, 0.3) is 0 Å². The number of benzene rings is 1. The first-order valence-electron chi connectivity index (χ1n) is 8.64. The average molecular weight is 366 g/mol. The molecule has 7 heteroatoms. The van der Waals surface area contributed by atoms with Crippen LogP contribution in [-0.4, -0.2) is 27.9 Å². The van der Waals surface area contributed by atoms with E-state index >= 15 is 0 Å². The number of nitrogen functional groups attached to an aromatic ring is 1. The summed E-state index contributed by atoms with van der Waals surface area (Å²) in [6.07, 6.45) is 6.97. The molecule has 0 bridgehead atoms. The zero-order valence-corrected chi connectivity index (χ0v) is 15.2. The lowest BCUT2D eigenvalue weighted by Crippen LogP contribution is -2.27. The number of nitrogens with two attached hydrogens (primary N) is 2. The van der Waals surface area contributed by atoms with Gasteiger partial charge >= 0.3 is 5.97 Å². The summed E-state index contributed by atoms with van der Waals surface area (Å²) in [5.74, 6) is -1.74. The molecular formula is C18H27N2O4P. The van der Waals surface area contributed by atoms with Crippen molar-refractivity contribution in [1.82, 2.24) is 0 Å². The van der Waals surface area contributed by atoms with E-state index in [1.54, 1.807) is 24.3 Å². The number of anilines is 1. The largest absolute Gasteiger partial charge is 0.478 e. The molecule has 6 nitrogen and oxygen atoms in total.